The van der Waals surface area contributed by atoms with Crippen LogP contribution < -0.4 is 10.2 Å². The molecule has 2 rings (SSSR count). The van der Waals surface area contributed by atoms with E-state index in [9.17, 15) is 0 Å². The van der Waals surface area contributed by atoms with Gasteiger partial charge >= 0.3 is 0 Å². The number of hydrogen-bond donors (Lipinski definition) is 2. The summed E-state index contributed by atoms with van der Waals surface area (Å²) in [5, 5.41) is 13.5. The van der Waals surface area contributed by atoms with Crippen LogP contribution >= 0.6 is 11.3 Å². The predicted molar refractivity (Wildman–Crippen MR) is 87.2 cm³/mol. The highest BCUT2D eigenvalue weighted by molar-refractivity contribution is 7.14. The summed E-state index contributed by atoms with van der Waals surface area (Å²) < 4.78 is 0. The van der Waals surface area contributed by atoms with Crippen LogP contribution in [0.5, 0.6) is 0 Å². The van der Waals surface area contributed by atoms with Crippen molar-refractivity contribution >= 4 is 22.7 Å². The highest BCUT2D eigenvalue weighted by Gasteiger charge is 2.10. The summed E-state index contributed by atoms with van der Waals surface area (Å²) in [6.45, 7) is 5.03. The van der Waals surface area contributed by atoms with Crippen LogP contribution in [0, 0.1) is 5.41 Å². The molecule has 5 heteroatoms. The molecule has 0 radical (unpaired) electrons. The van der Waals surface area contributed by atoms with Crippen molar-refractivity contribution in [3.05, 3.63) is 35.2 Å². The van der Waals surface area contributed by atoms with Gasteiger partial charge in [-0.05, 0) is 19.5 Å². The van der Waals surface area contributed by atoms with E-state index in [1.807, 2.05) is 31.3 Å². The van der Waals surface area contributed by atoms with Gasteiger partial charge in [0.05, 0.1) is 5.69 Å². The maximum atomic E-state index is 7.22. The van der Waals surface area contributed by atoms with Gasteiger partial charge in [-0.15, -0.1) is 11.3 Å². The highest BCUT2D eigenvalue weighted by atomic mass is 32.1. The number of rotatable bonds is 7. The first-order chi connectivity index (χ1) is 9.78. The van der Waals surface area contributed by atoms with Crippen molar-refractivity contribution in [2.75, 3.05) is 31.6 Å². The van der Waals surface area contributed by atoms with E-state index in [0.717, 1.165) is 41.6 Å². The van der Waals surface area contributed by atoms with E-state index in [-0.39, 0.29) is 0 Å². The molecule has 0 saturated heterocycles. The largest absolute Gasteiger partial charge is 0.347 e. The molecule has 0 aliphatic carbocycles. The Labute approximate surface area is 124 Å². The molecule has 0 atom stereocenters. The molecular formula is C15H20N4S. The molecule has 0 amide bonds. The molecule has 0 aliphatic heterocycles. The Morgan fingerprint density at radius 3 is 2.70 bits per heavy atom. The minimum atomic E-state index is 0.911. The van der Waals surface area contributed by atoms with Crippen LogP contribution in [-0.4, -0.2) is 37.9 Å². The Morgan fingerprint density at radius 2 is 2.10 bits per heavy atom. The van der Waals surface area contributed by atoms with E-state index >= 15 is 0 Å². The van der Waals surface area contributed by atoms with Gasteiger partial charge in [0, 0.05) is 36.8 Å². The number of anilines is 1. The third-order valence-electron chi connectivity index (χ3n) is 3.15. The van der Waals surface area contributed by atoms with Crippen LogP contribution in [0.3, 0.4) is 0 Å². The van der Waals surface area contributed by atoms with Crippen molar-refractivity contribution in [3.8, 4) is 11.3 Å². The monoisotopic (exact) mass is 288 g/mol. The van der Waals surface area contributed by atoms with Crippen molar-refractivity contribution in [2.45, 2.75) is 6.92 Å². The smallest absolute Gasteiger partial charge is 0.185 e. The summed E-state index contributed by atoms with van der Waals surface area (Å²) in [5.41, 5.74) is 3.01. The molecule has 1 heterocycles. The first kappa shape index (κ1) is 14.7. The van der Waals surface area contributed by atoms with E-state index in [0.29, 0.717) is 0 Å². The molecule has 0 spiro atoms. The number of benzene rings is 1. The van der Waals surface area contributed by atoms with Gasteiger partial charge < -0.3 is 15.6 Å². The summed E-state index contributed by atoms with van der Waals surface area (Å²) >= 11 is 1.68. The molecule has 2 N–H and O–H groups in total. The number of thiazole rings is 1. The van der Waals surface area contributed by atoms with Crippen LogP contribution in [0.1, 0.15) is 12.5 Å². The number of aromatic nitrogens is 1. The van der Waals surface area contributed by atoms with Crippen molar-refractivity contribution in [1.82, 2.24) is 10.3 Å². The average molecular weight is 288 g/mol. The van der Waals surface area contributed by atoms with Gasteiger partial charge in [0.2, 0.25) is 0 Å². The zero-order chi connectivity index (χ0) is 14.4. The maximum Gasteiger partial charge on any atom is 0.185 e. The van der Waals surface area contributed by atoms with Crippen LogP contribution in [0.25, 0.3) is 11.3 Å². The van der Waals surface area contributed by atoms with E-state index in [4.69, 9.17) is 10.4 Å². The lowest BCUT2D eigenvalue weighted by atomic mass is 10.1. The molecular weight excluding hydrogens is 268 g/mol. The summed E-state index contributed by atoms with van der Waals surface area (Å²) in [6.07, 6.45) is 1.35. The molecule has 20 heavy (non-hydrogen) atoms. The van der Waals surface area contributed by atoms with Crippen LogP contribution in [0.2, 0.25) is 0 Å². The minimum Gasteiger partial charge on any atom is -0.347 e. The van der Waals surface area contributed by atoms with Crippen molar-refractivity contribution in [1.29, 1.82) is 5.41 Å². The number of hydrogen-bond acceptors (Lipinski definition) is 5. The van der Waals surface area contributed by atoms with Gasteiger partial charge in [-0.2, -0.15) is 0 Å². The molecule has 0 bridgehead atoms. The zero-order valence-corrected chi connectivity index (χ0v) is 12.7. The maximum absolute atomic E-state index is 7.22. The first-order valence-corrected chi connectivity index (χ1v) is 7.62. The fraction of sp³-hybridized carbons (Fsp3) is 0.333. The van der Waals surface area contributed by atoms with Crippen LogP contribution in [-0.2, 0) is 0 Å². The Hall–Kier alpha value is -1.72. The normalized spacial score (nSPS) is 10.5. The second-order valence-corrected chi connectivity index (χ2v) is 5.30. The van der Waals surface area contributed by atoms with Crippen molar-refractivity contribution < 1.29 is 0 Å². The average Bonchev–Trinajstić information content (AvgIpc) is 2.98. The number of nitrogens with zero attached hydrogens (tertiary/aromatic N) is 2. The molecule has 1 aromatic carbocycles. The molecule has 0 saturated carbocycles. The second-order valence-electron chi connectivity index (χ2n) is 4.46. The summed E-state index contributed by atoms with van der Waals surface area (Å²) in [7, 11) is 1.96. The van der Waals surface area contributed by atoms with Gasteiger partial charge in [0.15, 0.2) is 5.13 Å². The number of likely N-dealkylation sites (N-methyl/N-ethyl adjacent to an activating group) is 2. The second kappa shape index (κ2) is 7.17. The predicted octanol–water partition coefficient (Wildman–Crippen LogP) is 2.85. The molecule has 2 aromatic rings. The molecule has 0 aliphatic rings. The molecule has 4 nitrogen and oxygen atoms in total. The van der Waals surface area contributed by atoms with E-state index in [1.54, 1.807) is 11.3 Å². The fourth-order valence-electron chi connectivity index (χ4n) is 1.93. The topological polar surface area (TPSA) is 52.0 Å². The Morgan fingerprint density at radius 1 is 1.35 bits per heavy atom. The standard InChI is InChI=1S/C15H20N4S/c1-3-19(9-8-17-2)15-18-14(11-20-15)13-6-4-12(10-16)5-7-13/h4-7,10-11,16-17H,3,8-9H2,1-2H3. The molecule has 106 valence electrons. The molecule has 1 aromatic heterocycles. The minimum absolute atomic E-state index is 0.911. The number of nitrogens with one attached hydrogen (secondary N) is 2. The quantitative estimate of drug-likeness (QED) is 0.770. The lowest BCUT2D eigenvalue weighted by Gasteiger charge is -2.19. The lowest BCUT2D eigenvalue weighted by Crippen LogP contribution is -2.30. The van der Waals surface area contributed by atoms with E-state index < -0.39 is 0 Å². The van der Waals surface area contributed by atoms with Gasteiger partial charge in [-0.25, -0.2) is 4.98 Å². The highest BCUT2D eigenvalue weighted by Crippen LogP contribution is 2.27. The van der Waals surface area contributed by atoms with Gasteiger partial charge in [0.25, 0.3) is 0 Å². The van der Waals surface area contributed by atoms with Crippen molar-refractivity contribution in [2.24, 2.45) is 0 Å². The third-order valence-corrected chi connectivity index (χ3v) is 4.05. The Kier molecular flexibility index (Phi) is 5.26. The Balaban J connectivity index is 2.16. The molecule has 0 fully saturated rings. The van der Waals surface area contributed by atoms with Gasteiger partial charge in [-0.3, -0.25) is 0 Å². The third kappa shape index (κ3) is 3.43. The van der Waals surface area contributed by atoms with Gasteiger partial charge in [0.1, 0.15) is 0 Å². The Bertz CT molecular complexity index is 547. The fourth-order valence-corrected chi connectivity index (χ4v) is 2.85. The van der Waals surface area contributed by atoms with E-state index in [1.165, 1.54) is 6.21 Å². The van der Waals surface area contributed by atoms with Crippen LogP contribution in [0.4, 0.5) is 5.13 Å². The zero-order valence-electron chi connectivity index (χ0n) is 11.9. The van der Waals surface area contributed by atoms with Crippen molar-refractivity contribution in [3.63, 3.8) is 0 Å². The lowest BCUT2D eigenvalue weighted by molar-refractivity contribution is 0.735. The SMILES string of the molecule is CCN(CCNC)c1nc(-c2ccc(C=N)cc2)cs1. The summed E-state index contributed by atoms with van der Waals surface area (Å²) in [6, 6.07) is 7.92. The van der Waals surface area contributed by atoms with Crippen LogP contribution in [0.15, 0.2) is 29.6 Å². The summed E-state index contributed by atoms with van der Waals surface area (Å²) in [5.74, 6) is 0. The summed E-state index contributed by atoms with van der Waals surface area (Å²) in [4.78, 5) is 6.99. The first-order valence-electron chi connectivity index (χ1n) is 6.74. The molecule has 0 unspecified atom stereocenters. The van der Waals surface area contributed by atoms with Gasteiger partial charge in [-0.1, -0.05) is 24.3 Å². The van der Waals surface area contributed by atoms with E-state index in [2.05, 4.69) is 22.5 Å².